The lowest BCUT2D eigenvalue weighted by Crippen LogP contribution is -2.27. The molecule has 1 amide bonds. The highest BCUT2D eigenvalue weighted by Gasteiger charge is 2.16. The number of aromatic nitrogens is 4. The Morgan fingerprint density at radius 1 is 1.28 bits per heavy atom. The Hall–Kier alpha value is -2.67. The van der Waals surface area contributed by atoms with Crippen LogP contribution < -0.4 is 5.32 Å². The van der Waals surface area contributed by atoms with E-state index in [0.717, 1.165) is 37.2 Å². The smallest absolute Gasteiger partial charge is 0.276 e. The highest BCUT2D eigenvalue weighted by atomic mass is 16.2. The lowest BCUT2D eigenvalue weighted by molar-refractivity contribution is 0.102. The van der Waals surface area contributed by atoms with Crippen molar-refractivity contribution in [1.29, 1.82) is 0 Å². The molecule has 7 nitrogen and oxygen atoms in total. The maximum atomic E-state index is 12.5. The van der Waals surface area contributed by atoms with Gasteiger partial charge in [0.15, 0.2) is 0 Å². The van der Waals surface area contributed by atoms with Crippen LogP contribution in [0.2, 0.25) is 0 Å². The van der Waals surface area contributed by atoms with Crippen molar-refractivity contribution < 1.29 is 4.79 Å². The monoisotopic (exact) mass is 340 g/mol. The molecule has 7 heteroatoms. The summed E-state index contributed by atoms with van der Waals surface area (Å²) in [6, 6.07) is 7.93. The maximum Gasteiger partial charge on any atom is 0.276 e. The van der Waals surface area contributed by atoms with Gasteiger partial charge >= 0.3 is 0 Å². The number of amides is 1. The van der Waals surface area contributed by atoms with Crippen molar-refractivity contribution in [2.24, 2.45) is 0 Å². The van der Waals surface area contributed by atoms with Crippen LogP contribution in [-0.4, -0.2) is 50.0 Å². The number of benzene rings is 1. The minimum Gasteiger partial charge on any atom is -0.338 e. The molecule has 0 unspecified atom stereocenters. The van der Waals surface area contributed by atoms with Crippen molar-refractivity contribution in [2.75, 3.05) is 25.0 Å². The molecule has 0 atom stereocenters. The number of imidazole rings is 2. The van der Waals surface area contributed by atoms with E-state index in [9.17, 15) is 4.79 Å². The summed E-state index contributed by atoms with van der Waals surface area (Å²) in [6.07, 6.45) is 1.54. The van der Waals surface area contributed by atoms with Crippen LogP contribution in [0, 0.1) is 6.92 Å². The molecular formula is C18H24N6O. The molecule has 3 rings (SSSR count). The van der Waals surface area contributed by atoms with Crippen LogP contribution in [0.5, 0.6) is 0 Å². The summed E-state index contributed by atoms with van der Waals surface area (Å²) in [5.74, 6) is 1.03. The SMILES string of the molecule is CCN(CC)CCn1c(NC(=O)c2cnc(C)[nH]2)nc2ccccc21. The van der Waals surface area contributed by atoms with Crippen LogP contribution in [0.15, 0.2) is 30.5 Å². The average Bonchev–Trinajstić information content (AvgIpc) is 3.20. The van der Waals surface area contributed by atoms with Crippen LogP contribution in [0.25, 0.3) is 11.0 Å². The molecule has 132 valence electrons. The minimum atomic E-state index is -0.236. The predicted molar refractivity (Wildman–Crippen MR) is 98.8 cm³/mol. The van der Waals surface area contributed by atoms with Gasteiger partial charge < -0.3 is 14.5 Å². The van der Waals surface area contributed by atoms with Crippen LogP contribution in [0.1, 0.15) is 30.2 Å². The first-order chi connectivity index (χ1) is 12.1. The van der Waals surface area contributed by atoms with E-state index in [4.69, 9.17) is 0 Å². The van der Waals surface area contributed by atoms with E-state index in [1.807, 2.05) is 31.2 Å². The molecule has 0 saturated carbocycles. The number of aromatic amines is 1. The van der Waals surface area contributed by atoms with Crippen LogP contribution >= 0.6 is 0 Å². The summed E-state index contributed by atoms with van der Waals surface area (Å²) in [5, 5.41) is 2.91. The Balaban J connectivity index is 1.88. The molecule has 0 aliphatic carbocycles. The first-order valence-corrected chi connectivity index (χ1v) is 8.63. The van der Waals surface area contributed by atoms with Gasteiger partial charge in [-0.05, 0) is 32.1 Å². The molecule has 2 aromatic heterocycles. The number of likely N-dealkylation sites (N-methyl/N-ethyl adjacent to an activating group) is 1. The molecular weight excluding hydrogens is 316 g/mol. The molecule has 0 bridgehead atoms. The number of aryl methyl sites for hydroxylation is 1. The largest absolute Gasteiger partial charge is 0.338 e. The van der Waals surface area contributed by atoms with Gasteiger partial charge in [0, 0.05) is 13.1 Å². The number of carbonyl (C=O) groups is 1. The fourth-order valence-corrected chi connectivity index (χ4v) is 2.88. The van der Waals surface area contributed by atoms with E-state index in [-0.39, 0.29) is 5.91 Å². The zero-order valence-corrected chi connectivity index (χ0v) is 14.9. The molecule has 0 fully saturated rings. The Bertz CT molecular complexity index is 861. The average molecular weight is 340 g/mol. The van der Waals surface area contributed by atoms with Gasteiger partial charge in [-0.15, -0.1) is 0 Å². The Labute approximate surface area is 147 Å². The number of anilines is 1. The highest BCUT2D eigenvalue weighted by molar-refractivity contribution is 6.02. The van der Waals surface area contributed by atoms with Crippen molar-refractivity contribution in [1.82, 2.24) is 24.4 Å². The molecule has 2 heterocycles. The van der Waals surface area contributed by atoms with E-state index < -0.39 is 0 Å². The number of rotatable bonds is 7. The van der Waals surface area contributed by atoms with Gasteiger partial charge in [0.05, 0.1) is 17.2 Å². The predicted octanol–water partition coefficient (Wildman–Crippen LogP) is 2.66. The third-order valence-electron chi connectivity index (χ3n) is 4.36. The molecule has 1 aromatic carbocycles. The first kappa shape index (κ1) is 17.2. The van der Waals surface area contributed by atoms with Crippen molar-refractivity contribution in [3.05, 3.63) is 42.0 Å². The van der Waals surface area contributed by atoms with Gasteiger partial charge in [-0.25, -0.2) is 9.97 Å². The highest BCUT2D eigenvalue weighted by Crippen LogP contribution is 2.20. The maximum absolute atomic E-state index is 12.5. The van der Waals surface area contributed by atoms with E-state index in [2.05, 4.69) is 43.6 Å². The summed E-state index contributed by atoms with van der Waals surface area (Å²) in [4.78, 5) is 26.4. The first-order valence-electron chi connectivity index (χ1n) is 8.63. The number of H-pyrrole nitrogens is 1. The molecule has 0 radical (unpaired) electrons. The second-order valence-electron chi connectivity index (χ2n) is 5.94. The molecule has 3 aromatic rings. The quantitative estimate of drug-likeness (QED) is 0.693. The number of para-hydroxylation sites is 2. The third kappa shape index (κ3) is 3.71. The number of fused-ring (bicyclic) bond motifs is 1. The number of nitrogens with one attached hydrogen (secondary N) is 2. The summed E-state index contributed by atoms with van der Waals surface area (Å²) in [6.45, 7) is 9.78. The van der Waals surface area contributed by atoms with E-state index in [1.54, 1.807) is 0 Å². The summed E-state index contributed by atoms with van der Waals surface area (Å²) in [5.41, 5.74) is 2.32. The molecule has 0 aliphatic heterocycles. The number of carbonyl (C=O) groups excluding carboxylic acids is 1. The summed E-state index contributed by atoms with van der Waals surface area (Å²) < 4.78 is 2.06. The second-order valence-corrected chi connectivity index (χ2v) is 5.94. The standard InChI is InChI=1S/C18H24N6O/c1-4-23(5-2)10-11-24-16-9-7-6-8-14(16)21-18(24)22-17(25)15-12-19-13(3)20-15/h6-9,12H,4-5,10-11H2,1-3H3,(H,19,20)(H,21,22,25). The van der Waals surface area contributed by atoms with Gasteiger partial charge in [-0.2, -0.15) is 0 Å². The van der Waals surface area contributed by atoms with Gasteiger partial charge in [-0.3, -0.25) is 10.1 Å². The Morgan fingerprint density at radius 3 is 2.72 bits per heavy atom. The molecule has 25 heavy (non-hydrogen) atoms. The Morgan fingerprint density at radius 2 is 2.04 bits per heavy atom. The lowest BCUT2D eigenvalue weighted by atomic mass is 10.3. The minimum absolute atomic E-state index is 0.236. The van der Waals surface area contributed by atoms with E-state index in [0.29, 0.717) is 17.5 Å². The summed E-state index contributed by atoms with van der Waals surface area (Å²) >= 11 is 0. The normalized spacial score (nSPS) is 11.4. The van der Waals surface area contributed by atoms with Gasteiger partial charge in [-0.1, -0.05) is 26.0 Å². The zero-order valence-electron chi connectivity index (χ0n) is 14.9. The topological polar surface area (TPSA) is 78.8 Å². The second kappa shape index (κ2) is 7.48. The number of hydrogen-bond acceptors (Lipinski definition) is 4. The number of hydrogen-bond donors (Lipinski definition) is 2. The fourth-order valence-electron chi connectivity index (χ4n) is 2.88. The van der Waals surface area contributed by atoms with Crippen LogP contribution in [0.3, 0.4) is 0 Å². The third-order valence-corrected chi connectivity index (χ3v) is 4.36. The number of nitrogens with zero attached hydrogens (tertiary/aromatic N) is 4. The fraction of sp³-hybridized carbons (Fsp3) is 0.389. The van der Waals surface area contributed by atoms with Crippen molar-refractivity contribution in [3.8, 4) is 0 Å². The Kier molecular flexibility index (Phi) is 5.14. The zero-order chi connectivity index (χ0) is 17.8. The van der Waals surface area contributed by atoms with Crippen molar-refractivity contribution in [2.45, 2.75) is 27.3 Å². The van der Waals surface area contributed by atoms with E-state index >= 15 is 0 Å². The van der Waals surface area contributed by atoms with Crippen LogP contribution in [-0.2, 0) is 6.54 Å². The lowest BCUT2D eigenvalue weighted by Gasteiger charge is -2.19. The van der Waals surface area contributed by atoms with Gasteiger partial charge in [0.2, 0.25) is 5.95 Å². The summed E-state index contributed by atoms with van der Waals surface area (Å²) in [7, 11) is 0. The van der Waals surface area contributed by atoms with E-state index in [1.165, 1.54) is 6.20 Å². The molecule has 2 N–H and O–H groups in total. The van der Waals surface area contributed by atoms with Crippen molar-refractivity contribution in [3.63, 3.8) is 0 Å². The van der Waals surface area contributed by atoms with Gasteiger partial charge in [0.25, 0.3) is 5.91 Å². The van der Waals surface area contributed by atoms with Crippen molar-refractivity contribution >= 4 is 22.9 Å². The molecule has 0 spiro atoms. The van der Waals surface area contributed by atoms with Gasteiger partial charge in [0.1, 0.15) is 11.5 Å². The molecule has 0 saturated heterocycles. The molecule has 0 aliphatic rings. The van der Waals surface area contributed by atoms with Crippen LogP contribution in [0.4, 0.5) is 5.95 Å².